The summed E-state index contributed by atoms with van der Waals surface area (Å²) in [6.45, 7) is 2.44. The summed E-state index contributed by atoms with van der Waals surface area (Å²) in [5.41, 5.74) is 3.08. The Morgan fingerprint density at radius 1 is 1.04 bits per heavy atom. The molecule has 1 fully saturated rings. The lowest BCUT2D eigenvalue weighted by Gasteiger charge is -2.23. The summed E-state index contributed by atoms with van der Waals surface area (Å²) in [5.74, 6) is 0.621. The van der Waals surface area contributed by atoms with E-state index in [4.69, 9.17) is 4.74 Å². The monoisotopic (exact) mass is 310 g/mol. The Hall–Kier alpha value is -2.33. The van der Waals surface area contributed by atoms with E-state index in [1.807, 2.05) is 42.5 Å². The molecule has 1 aliphatic rings. The van der Waals surface area contributed by atoms with Crippen LogP contribution in [0.3, 0.4) is 0 Å². The van der Waals surface area contributed by atoms with E-state index in [2.05, 4.69) is 22.8 Å². The quantitative estimate of drug-likeness (QED) is 0.900. The summed E-state index contributed by atoms with van der Waals surface area (Å²) in [7, 11) is 0. The smallest absolute Gasteiger partial charge is 0.411 e. The van der Waals surface area contributed by atoms with Crippen molar-refractivity contribution in [2.24, 2.45) is 0 Å². The molecule has 0 atom stereocenters. The van der Waals surface area contributed by atoms with Crippen LogP contribution < -0.4 is 10.6 Å². The molecule has 2 aromatic carbocycles. The molecule has 23 heavy (non-hydrogen) atoms. The van der Waals surface area contributed by atoms with Crippen LogP contribution in [0.2, 0.25) is 0 Å². The summed E-state index contributed by atoms with van der Waals surface area (Å²) >= 11 is 0. The lowest BCUT2D eigenvalue weighted by Crippen LogP contribution is -2.26. The third-order valence-electron chi connectivity index (χ3n) is 4.18. The molecule has 0 spiro atoms. The molecule has 1 amide bonds. The molecule has 1 aliphatic heterocycles. The van der Waals surface area contributed by atoms with Crippen molar-refractivity contribution in [2.75, 3.05) is 18.4 Å². The van der Waals surface area contributed by atoms with Gasteiger partial charge in [0.1, 0.15) is 6.61 Å². The summed E-state index contributed by atoms with van der Waals surface area (Å²) in [6.07, 6.45) is 1.92. The number of nitrogens with one attached hydrogen (secondary N) is 2. The van der Waals surface area contributed by atoms with Gasteiger partial charge in [0.05, 0.1) is 0 Å². The van der Waals surface area contributed by atoms with Gasteiger partial charge in [-0.3, -0.25) is 5.32 Å². The molecule has 2 aromatic rings. The number of piperidine rings is 1. The largest absolute Gasteiger partial charge is 0.444 e. The fraction of sp³-hybridized carbons (Fsp3) is 0.316. The highest BCUT2D eigenvalue weighted by Crippen LogP contribution is 2.26. The van der Waals surface area contributed by atoms with Crippen LogP contribution in [0.15, 0.2) is 54.6 Å². The van der Waals surface area contributed by atoms with Crippen molar-refractivity contribution in [3.05, 3.63) is 65.7 Å². The van der Waals surface area contributed by atoms with Gasteiger partial charge in [0.25, 0.3) is 0 Å². The van der Waals surface area contributed by atoms with E-state index >= 15 is 0 Å². The van der Waals surface area contributed by atoms with E-state index in [-0.39, 0.29) is 6.61 Å². The predicted octanol–water partition coefficient (Wildman–Crippen LogP) is 3.90. The van der Waals surface area contributed by atoms with Crippen molar-refractivity contribution in [2.45, 2.75) is 25.4 Å². The van der Waals surface area contributed by atoms with Crippen LogP contribution in [-0.4, -0.2) is 19.2 Å². The van der Waals surface area contributed by atoms with Crippen molar-refractivity contribution >= 4 is 11.8 Å². The molecule has 120 valence electrons. The molecular weight excluding hydrogens is 288 g/mol. The second-order valence-electron chi connectivity index (χ2n) is 5.83. The van der Waals surface area contributed by atoms with Crippen molar-refractivity contribution in [3.8, 4) is 0 Å². The van der Waals surface area contributed by atoms with Gasteiger partial charge in [0, 0.05) is 5.69 Å². The number of ether oxygens (including phenoxy) is 1. The van der Waals surface area contributed by atoms with E-state index in [0.717, 1.165) is 24.3 Å². The van der Waals surface area contributed by atoms with Gasteiger partial charge in [-0.25, -0.2) is 4.79 Å². The number of hydrogen-bond acceptors (Lipinski definition) is 3. The Morgan fingerprint density at radius 3 is 2.43 bits per heavy atom. The molecule has 1 heterocycles. The van der Waals surface area contributed by atoms with Crippen molar-refractivity contribution in [1.29, 1.82) is 0 Å². The van der Waals surface area contributed by atoms with Gasteiger partial charge in [-0.15, -0.1) is 0 Å². The third kappa shape index (κ3) is 4.57. The SMILES string of the molecule is O=C(Nc1ccc(C2CCNCC2)cc1)OCc1ccccc1. The fourth-order valence-corrected chi connectivity index (χ4v) is 2.87. The molecular formula is C19H22N2O2. The van der Waals surface area contributed by atoms with Gasteiger partial charge in [-0.05, 0) is 55.1 Å². The van der Waals surface area contributed by atoms with Gasteiger partial charge >= 0.3 is 6.09 Å². The predicted molar refractivity (Wildman–Crippen MR) is 91.5 cm³/mol. The van der Waals surface area contributed by atoms with Gasteiger partial charge in [-0.1, -0.05) is 42.5 Å². The standard InChI is InChI=1S/C19H22N2O2/c22-19(23-14-15-4-2-1-3-5-15)21-18-8-6-16(7-9-18)17-10-12-20-13-11-17/h1-9,17,20H,10-14H2,(H,21,22). The third-order valence-corrected chi connectivity index (χ3v) is 4.18. The van der Waals surface area contributed by atoms with Crippen LogP contribution in [0.1, 0.15) is 29.9 Å². The fourth-order valence-electron chi connectivity index (χ4n) is 2.87. The van der Waals surface area contributed by atoms with Gasteiger partial charge in [0.2, 0.25) is 0 Å². The van der Waals surface area contributed by atoms with E-state index in [0.29, 0.717) is 5.92 Å². The molecule has 4 heteroatoms. The van der Waals surface area contributed by atoms with Crippen LogP contribution in [-0.2, 0) is 11.3 Å². The zero-order valence-electron chi connectivity index (χ0n) is 13.1. The Morgan fingerprint density at radius 2 is 1.74 bits per heavy atom. The lowest BCUT2D eigenvalue weighted by atomic mass is 9.90. The zero-order valence-corrected chi connectivity index (χ0v) is 13.1. The molecule has 0 bridgehead atoms. The van der Waals surface area contributed by atoms with Crippen LogP contribution in [0.5, 0.6) is 0 Å². The molecule has 2 N–H and O–H groups in total. The van der Waals surface area contributed by atoms with E-state index in [1.165, 1.54) is 18.4 Å². The Labute approximate surface area is 136 Å². The Balaban J connectivity index is 1.50. The number of carbonyl (C=O) groups excluding carboxylic acids is 1. The maximum absolute atomic E-state index is 11.8. The lowest BCUT2D eigenvalue weighted by molar-refractivity contribution is 0.155. The zero-order chi connectivity index (χ0) is 15.9. The first-order chi connectivity index (χ1) is 11.3. The van der Waals surface area contributed by atoms with Crippen LogP contribution in [0.4, 0.5) is 10.5 Å². The molecule has 1 saturated heterocycles. The minimum atomic E-state index is -0.427. The van der Waals surface area contributed by atoms with Gasteiger partial charge < -0.3 is 10.1 Å². The highest BCUT2D eigenvalue weighted by Gasteiger charge is 2.15. The Kier molecular flexibility index (Phi) is 5.27. The highest BCUT2D eigenvalue weighted by molar-refractivity contribution is 5.84. The average Bonchev–Trinajstić information content (AvgIpc) is 2.62. The topological polar surface area (TPSA) is 50.4 Å². The molecule has 0 aromatic heterocycles. The molecule has 0 radical (unpaired) electrons. The number of carbonyl (C=O) groups is 1. The van der Waals surface area contributed by atoms with E-state index in [9.17, 15) is 4.79 Å². The summed E-state index contributed by atoms with van der Waals surface area (Å²) in [4.78, 5) is 11.8. The number of benzene rings is 2. The molecule has 0 saturated carbocycles. The van der Waals surface area contributed by atoms with E-state index in [1.54, 1.807) is 0 Å². The van der Waals surface area contributed by atoms with Gasteiger partial charge in [0.15, 0.2) is 0 Å². The summed E-state index contributed by atoms with van der Waals surface area (Å²) in [5, 5.41) is 6.14. The minimum Gasteiger partial charge on any atom is -0.444 e. The Bertz CT molecular complexity index is 620. The number of hydrogen-bond donors (Lipinski definition) is 2. The molecule has 3 rings (SSSR count). The molecule has 0 aliphatic carbocycles. The first-order valence-electron chi connectivity index (χ1n) is 8.09. The molecule has 0 unspecified atom stereocenters. The second kappa shape index (κ2) is 7.79. The van der Waals surface area contributed by atoms with Crippen LogP contribution in [0.25, 0.3) is 0 Å². The first kappa shape index (κ1) is 15.6. The van der Waals surface area contributed by atoms with Crippen molar-refractivity contribution < 1.29 is 9.53 Å². The van der Waals surface area contributed by atoms with Crippen molar-refractivity contribution in [3.63, 3.8) is 0 Å². The number of amides is 1. The molecule has 4 nitrogen and oxygen atoms in total. The van der Waals surface area contributed by atoms with Crippen LogP contribution in [0, 0.1) is 0 Å². The minimum absolute atomic E-state index is 0.278. The normalized spacial score (nSPS) is 15.1. The number of rotatable bonds is 4. The number of anilines is 1. The first-order valence-corrected chi connectivity index (χ1v) is 8.09. The van der Waals surface area contributed by atoms with Gasteiger partial charge in [-0.2, -0.15) is 0 Å². The summed E-state index contributed by atoms with van der Waals surface area (Å²) < 4.78 is 5.22. The second-order valence-corrected chi connectivity index (χ2v) is 5.83. The maximum Gasteiger partial charge on any atom is 0.411 e. The highest BCUT2D eigenvalue weighted by atomic mass is 16.5. The van der Waals surface area contributed by atoms with Crippen molar-refractivity contribution in [1.82, 2.24) is 5.32 Å². The van der Waals surface area contributed by atoms with E-state index < -0.39 is 6.09 Å². The maximum atomic E-state index is 11.8. The van der Waals surface area contributed by atoms with Crippen LogP contribution >= 0.6 is 0 Å². The average molecular weight is 310 g/mol. The summed E-state index contributed by atoms with van der Waals surface area (Å²) in [6, 6.07) is 17.7.